The summed E-state index contributed by atoms with van der Waals surface area (Å²) < 4.78 is 0. The van der Waals surface area contributed by atoms with Crippen LogP contribution >= 0.6 is 12.2 Å². The van der Waals surface area contributed by atoms with Gasteiger partial charge in [0, 0.05) is 23.2 Å². The summed E-state index contributed by atoms with van der Waals surface area (Å²) in [6.45, 7) is 1.94. The molecule has 0 aliphatic carbocycles. The van der Waals surface area contributed by atoms with Gasteiger partial charge in [-0.15, -0.1) is 0 Å². The van der Waals surface area contributed by atoms with Crippen molar-refractivity contribution in [3.8, 4) is 0 Å². The van der Waals surface area contributed by atoms with Crippen LogP contribution in [0.2, 0.25) is 0 Å². The number of carbonyl (C=O) groups is 2. The molecule has 124 valence electrons. The molecule has 0 atom stereocenters. The second-order valence-electron chi connectivity index (χ2n) is 4.17. The van der Waals surface area contributed by atoms with E-state index in [0.717, 1.165) is 30.1 Å². The van der Waals surface area contributed by atoms with Crippen LogP contribution in [0, 0.1) is 0 Å². The number of carboxylic acids is 2. The zero-order valence-corrected chi connectivity index (χ0v) is 18.0. The first-order chi connectivity index (χ1) is 10.8. The van der Waals surface area contributed by atoms with E-state index in [1.165, 1.54) is 0 Å². The van der Waals surface area contributed by atoms with E-state index in [4.69, 9.17) is 32.0 Å². The second kappa shape index (κ2) is 14.8. The molecule has 0 aliphatic heterocycles. The van der Waals surface area contributed by atoms with E-state index in [9.17, 15) is 0 Å². The predicted octanol–water partition coefficient (Wildman–Crippen LogP) is 0.606. The maximum absolute atomic E-state index is 8.89. The monoisotopic (exact) mass is 539 g/mol. The fraction of sp³-hybridized carbons (Fsp3) is 0.118. The Morgan fingerprint density at radius 3 is 1.54 bits per heavy atom. The van der Waals surface area contributed by atoms with E-state index in [-0.39, 0.29) is 27.3 Å². The molecule has 0 bridgehead atoms. The largest absolute Gasteiger partial charge is 2.00 e. The molecular formula is C17H17NO4PbS. The number of aliphatic carboxylic acids is 2. The third kappa shape index (κ3) is 15.1. The number of carboxylic acid groups (broad SMARTS) is 2. The van der Waals surface area contributed by atoms with Gasteiger partial charge in [0.2, 0.25) is 0 Å². The van der Waals surface area contributed by atoms with Crippen molar-refractivity contribution in [1.29, 1.82) is 0 Å². The number of hydrogen-bond donors (Lipinski definition) is 1. The molecule has 0 saturated carbocycles. The van der Waals surface area contributed by atoms with E-state index in [1.54, 1.807) is 0 Å². The van der Waals surface area contributed by atoms with E-state index in [1.807, 2.05) is 60.7 Å². The number of anilines is 1. The van der Waals surface area contributed by atoms with Crippen molar-refractivity contribution in [1.82, 2.24) is 0 Å². The summed E-state index contributed by atoms with van der Waals surface area (Å²) in [4.78, 5) is 18.5. The SMILES string of the molecule is CC(=O)[O-].CC(=O)[O-].S=C(Nc1ccccc1)c1ccccc1.[Pb+2]. The minimum Gasteiger partial charge on any atom is -0.550 e. The number of benzene rings is 2. The Hall–Kier alpha value is -1.81. The number of carbonyl (C=O) groups excluding carboxylic acids is 2. The van der Waals surface area contributed by atoms with E-state index in [0.29, 0.717) is 0 Å². The van der Waals surface area contributed by atoms with Gasteiger partial charge in [0.05, 0.1) is 0 Å². The van der Waals surface area contributed by atoms with E-state index in [2.05, 4.69) is 5.32 Å². The third-order valence-electron chi connectivity index (χ3n) is 2.07. The standard InChI is InChI=1S/C13H11NS.2C2H4O2.Pb/c15-13(11-7-3-1-4-8-11)14-12-9-5-2-6-10-12;2*1-2(3)4;/h1-10H,(H,14,15);2*1H3,(H,3,4);/q;;;+2/p-2. The fourth-order valence-electron chi connectivity index (χ4n) is 1.31. The van der Waals surface area contributed by atoms with Crippen molar-refractivity contribution < 1.29 is 19.8 Å². The molecule has 0 heterocycles. The molecule has 2 aromatic carbocycles. The van der Waals surface area contributed by atoms with Crippen LogP contribution in [0.5, 0.6) is 0 Å². The van der Waals surface area contributed by atoms with E-state index >= 15 is 0 Å². The third-order valence-corrected chi connectivity index (χ3v) is 2.41. The molecule has 24 heavy (non-hydrogen) atoms. The molecule has 2 aromatic rings. The maximum Gasteiger partial charge on any atom is 2.00 e. The van der Waals surface area contributed by atoms with Gasteiger partial charge in [0.15, 0.2) is 0 Å². The van der Waals surface area contributed by atoms with Gasteiger partial charge >= 0.3 is 27.3 Å². The summed E-state index contributed by atoms with van der Waals surface area (Å²) >= 11 is 5.29. The van der Waals surface area contributed by atoms with Crippen molar-refractivity contribution in [3.63, 3.8) is 0 Å². The first-order valence-corrected chi connectivity index (χ1v) is 7.00. The Balaban J connectivity index is 0. The van der Waals surface area contributed by atoms with Gasteiger partial charge in [-0.25, -0.2) is 0 Å². The molecule has 2 rings (SSSR count). The van der Waals surface area contributed by atoms with Crippen molar-refractivity contribution in [3.05, 3.63) is 66.2 Å². The summed E-state index contributed by atoms with van der Waals surface area (Å²) in [6.07, 6.45) is 0. The fourth-order valence-corrected chi connectivity index (χ4v) is 1.57. The molecule has 5 nitrogen and oxygen atoms in total. The molecule has 7 heteroatoms. The summed E-state index contributed by atoms with van der Waals surface area (Å²) in [5, 5.41) is 21.0. The van der Waals surface area contributed by atoms with Gasteiger partial charge in [-0.3, -0.25) is 0 Å². The molecular weight excluding hydrogens is 521 g/mol. The normalized spacial score (nSPS) is 8.08. The predicted molar refractivity (Wildman–Crippen MR) is 95.3 cm³/mol. The van der Waals surface area contributed by atoms with Crippen LogP contribution in [-0.4, -0.2) is 44.2 Å². The van der Waals surface area contributed by atoms with Gasteiger partial charge in [-0.05, 0) is 26.0 Å². The minimum atomic E-state index is -1.08. The summed E-state index contributed by atoms with van der Waals surface area (Å²) in [6, 6.07) is 19.9. The van der Waals surface area contributed by atoms with Gasteiger partial charge in [-0.2, -0.15) is 0 Å². The van der Waals surface area contributed by atoms with E-state index < -0.39 is 11.9 Å². The summed E-state index contributed by atoms with van der Waals surface area (Å²) in [5.74, 6) is -2.17. The van der Waals surface area contributed by atoms with Crippen molar-refractivity contribution in [2.45, 2.75) is 13.8 Å². The van der Waals surface area contributed by atoms with Crippen LogP contribution in [0.1, 0.15) is 19.4 Å². The van der Waals surface area contributed by atoms with Gasteiger partial charge in [0.25, 0.3) is 0 Å². The molecule has 0 aromatic heterocycles. The van der Waals surface area contributed by atoms with Crippen molar-refractivity contribution in [2.24, 2.45) is 0 Å². The van der Waals surface area contributed by atoms with Crippen LogP contribution in [-0.2, 0) is 9.59 Å². The Bertz CT molecular complexity index is 601. The first-order valence-electron chi connectivity index (χ1n) is 6.59. The topological polar surface area (TPSA) is 92.3 Å². The average molecular weight is 539 g/mol. The molecule has 1 N–H and O–H groups in total. The Morgan fingerprint density at radius 1 is 0.833 bits per heavy atom. The molecule has 0 amide bonds. The molecule has 0 saturated heterocycles. The summed E-state index contributed by atoms with van der Waals surface area (Å²) in [5.41, 5.74) is 2.06. The molecule has 0 aliphatic rings. The Kier molecular flexibility index (Phi) is 15.0. The van der Waals surface area contributed by atoms with Gasteiger partial charge < -0.3 is 25.1 Å². The Labute approximate surface area is 166 Å². The van der Waals surface area contributed by atoms with Gasteiger partial charge in [-0.1, -0.05) is 60.7 Å². The quantitative estimate of drug-likeness (QED) is 0.445. The van der Waals surface area contributed by atoms with Crippen LogP contribution in [0.3, 0.4) is 0 Å². The second-order valence-corrected chi connectivity index (χ2v) is 4.58. The maximum atomic E-state index is 8.89. The number of thiocarbonyl (C=S) groups is 1. The number of nitrogens with one attached hydrogen (secondary N) is 1. The average Bonchev–Trinajstić information content (AvgIpc) is 2.48. The number of rotatable bonds is 2. The van der Waals surface area contributed by atoms with Crippen LogP contribution in [0.4, 0.5) is 5.69 Å². The molecule has 2 radical (unpaired) electrons. The molecule has 0 fully saturated rings. The van der Waals surface area contributed by atoms with Crippen LogP contribution in [0.15, 0.2) is 60.7 Å². The number of para-hydroxylation sites is 1. The van der Waals surface area contributed by atoms with Crippen molar-refractivity contribution in [2.75, 3.05) is 5.32 Å². The summed E-state index contributed by atoms with van der Waals surface area (Å²) in [7, 11) is 0. The van der Waals surface area contributed by atoms with Crippen molar-refractivity contribution >= 4 is 62.1 Å². The minimum absolute atomic E-state index is 0. The first kappa shape index (κ1) is 24.4. The smallest absolute Gasteiger partial charge is 0.550 e. The van der Waals surface area contributed by atoms with Gasteiger partial charge in [0.1, 0.15) is 4.99 Å². The molecule has 0 spiro atoms. The number of hydrogen-bond acceptors (Lipinski definition) is 5. The van der Waals surface area contributed by atoms with Crippen LogP contribution < -0.4 is 15.5 Å². The Morgan fingerprint density at radius 2 is 1.17 bits per heavy atom. The molecule has 0 unspecified atom stereocenters. The van der Waals surface area contributed by atoms with Crippen LogP contribution in [0.25, 0.3) is 0 Å². The zero-order chi connectivity index (χ0) is 17.7. The zero-order valence-electron chi connectivity index (χ0n) is 13.3.